The third-order valence-electron chi connectivity index (χ3n) is 1.89. The maximum absolute atomic E-state index is 13.1. The predicted octanol–water partition coefficient (Wildman–Crippen LogP) is 3.07. The van der Waals surface area contributed by atoms with E-state index in [4.69, 9.17) is 0 Å². The van der Waals surface area contributed by atoms with Crippen LogP contribution in [0.1, 0.15) is 12.5 Å². The quantitative estimate of drug-likeness (QED) is 0.715. The van der Waals surface area contributed by atoms with Crippen LogP contribution in [0.25, 0.3) is 0 Å². The zero-order chi connectivity index (χ0) is 9.84. The second kappa shape index (κ2) is 4.61. The summed E-state index contributed by atoms with van der Waals surface area (Å²) in [5.74, 6) is 0.216. The molecule has 0 saturated carbocycles. The molecule has 1 aromatic carbocycles. The summed E-state index contributed by atoms with van der Waals surface area (Å²) in [7, 11) is 0. The zero-order valence-corrected chi connectivity index (χ0v) is 8.32. The first kappa shape index (κ1) is 10.5. The molecule has 0 bridgehead atoms. The minimum atomic E-state index is -0.386. The molecule has 1 aromatic rings. The van der Waals surface area contributed by atoms with Gasteiger partial charge < -0.3 is 0 Å². The van der Waals surface area contributed by atoms with Crippen LogP contribution >= 0.6 is 12.6 Å². The molecule has 0 aliphatic rings. The second-order valence-corrected chi connectivity index (χ2v) is 3.59. The molecule has 1 atom stereocenters. The number of halogens is 2. The van der Waals surface area contributed by atoms with Gasteiger partial charge in [-0.2, -0.15) is 12.6 Å². The molecule has 0 nitrogen and oxygen atoms in total. The zero-order valence-electron chi connectivity index (χ0n) is 7.43. The lowest BCUT2D eigenvalue weighted by Crippen LogP contribution is -2.03. The molecule has 72 valence electrons. The molecule has 0 spiro atoms. The highest BCUT2D eigenvalue weighted by Gasteiger charge is 2.07. The van der Waals surface area contributed by atoms with Crippen LogP contribution in [-0.4, -0.2) is 5.75 Å². The Balaban J connectivity index is 2.81. The van der Waals surface area contributed by atoms with Gasteiger partial charge in [-0.05, 0) is 41.9 Å². The molecule has 3 heteroatoms. The molecule has 1 rings (SSSR count). The monoisotopic (exact) mass is 202 g/mol. The molecular formula is C10H12F2S. The lowest BCUT2D eigenvalue weighted by atomic mass is 10.0. The standard InChI is InChI=1S/C10H12F2S/c1-7(6-13)4-8-5-9(11)2-3-10(8)12/h2-3,5,7,13H,4,6H2,1H3. The summed E-state index contributed by atoms with van der Waals surface area (Å²) >= 11 is 4.09. The molecular weight excluding hydrogens is 190 g/mol. The first-order valence-corrected chi connectivity index (χ1v) is 4.81. The van der Waals surface area contributed by atoms with Crippen LogP contribution in [0.15, 0.2) is 18.2 Å². The van der Waals surface area contributed by atoms with Crippen LogP contribution in [-0.2, 0) is 6.42 Å². The van der Waals surface area contributed by atoms with Crippen LogP contribution in [0.2, 0.25) is 0 Å². The van der Waals surface area contributed by atoms with Crippen molar-refractivity contribution in [2.75, 3.05) is 5.75 Å². The minimum Gasteiger partial charge on any atom is -0.207 e. The Morgan fingerprint density at radius 1 is 1.38 bits per heavy atom. The lowest BCUT2D eigenvalue weighted by Gasteiger charge is -2.08. The van der Waals surface area contributed by atoms with Gasteiger partial charge in [-0.1, -0.05) is 6.92 Å². The van der Waals surface area contributed by atoms with Crippen molar-refractivity contribution >= 4 is 12.6 Å². The smallest absolute Gasteiger partial charge is 0.126 e. The normalized spacial score (nSPS) is 12.9. The predicted molar refractivity (Wildman–Crippen MR) is 53.1 cm³/mol. The lowest BCUT2D eigenvalue weighted by molar-refractivity contribution is 0.561. The van der Waals surface area contributed by atoms with E-state index in [0.717, 1.165) is 12.1 Å². The van der Waals surface area contributed by atoms with Gasteiger partial charge in [0.1, 0.15) is 11.6 Å². The molecule has 1 unspecified atom stereocenters. The summed E-state index contributed by atoms with van der Waals surface area (Å²) in [6.07, 6.45) is 0.535. The number of thiol groups is 1. The van der Waals surface area contributed by atoms with E-state index in [1.54, 1.807) is 0 Å². The van der Waals surface area contributed by atoms with Crippen molar-refractivity contribution in [3.63, 3.8) is 0 Å². The Hall–Kier alpha value is -0.570. The van der Waals surface area contributed by atoms with Gasteiger partial charge in [0, 0.05) is 0 Å². The molecule has 0 aliphatic carbocycles. The fourth-order valence-electron chi connectivity index (χ4n) is 1.14. The van der Waals surface area contributed by atoms with Gasteiger partial charge in [0.15, 0.2) is 0 Å². The Bertz CT molecular complexity index is 286. The molecule has 13 heavy (non-hydrogen) atoms. The summed E-state index contributed by atoms with van der Waals surface area (Å²) < 4.78 is 25.8. The van der Waals surface area contributed by atoms with E-state index in [1.165, 1.54) is 6.07 Å². The summed E-state index contributed by atoms with van der Waals surface area (Å²) in [5.41, 5.74) is 0.432. The first-order valence-electron chi connectivity index (χ1n) is 4.18. The van der Waals surface area contributed by atoms with Gasteiger partial charge in [-0.3, -0.25) is 0 Å². The molecule has 0 aliphatic heterocycles. The highest BCUT2D eigenvalue weighted by atomic mass is 32.1. The largest absolute Gasteiger partial charge is 0.207 e. The Labute approximate surface area is 82.4 Å². The van der Waals surface area contributed by atoms with E-state index < -0.39 is 0 Å². The Morgan fingerprint density at radius 3 is 2.69 bits per heavy atom. The molecule has 0 saturated heterocycles. The summed E-state index contributed by atoms with van der Waals surface area (Å²) in [6, 6.07) is 3.54. The van der Waals surface area contributed by atoms with Crippen LogP contribution in [0.5, 0.6) is 0 Å². The summed E-state index contributed by atoms with van der Waals surface area (Å²) in [4.78, 5) is 0. The maximum atomic E-state index is 13.1. The molecule has 0 amide bonds. The van der Waals surface area contributed by atoms with E-state index in [2.05, 4.69) is 12.6 Å². The van der Waals surface area contributed by atoms with Crippen molar-refractivity contribution in [2.45, 2.75) is 13.3 Å². The van der Waals surface area contributed by atoms with Crippen molar-refractivity contribution in [3.8, 4) is 0 Å². The molecule has 0 radical (unpaired) electrons. The van der Waals surface area contributed by atoms with Crippen molar-refractivity contribution < 1.29 is 8.78 Å². The van der Waals surface area contributed by atoms with E-state index in [1.807, 2.05) is 6.92 Å². The van der Waals surface area contributed by atoms with E-state index in [0.29, 0.717) is 17.7 Å². The number of hydrogen-bond donors (Lipinski definition) is 1. The highest BCUT2D eigenvalue weighted by Crippen LogP contribution is 2.14. The summed E-state index contributed by atoms with van der Waals surface area (Å²) in [6.45, 7) is 1.96. The third kappa shape index (κ3) is 2.99. The first-order chi connectivity index (χ1) is 6.13. The summed E-state index contributed by atoms with van der Waals surface area (Å²) in [5, 5.41) is 0. The van der Waals surface area contributed by atoms with Crippen molar-refractivity contribution in [1.29, 1.82) is 0 Å². The second-order valence-electron chi connectivity index (χ2n) is 3.23. The van der Waals surface area contributed by atoms with Crippen molar-refractivity contribution in [3.05, 3.63) is 35.4 Å². The Morgan fingerprint density at radius 2 is 2.08 bits per heavy atom. The SMILES string of the molecule is CC(CS)Cc1cc(F)ccc1F. The third-order valence-corrected chi connectivity index (χ3v) is 2.51. The van der Waals surface area contributed by atoms with E-state index >= 15 is 0 Å². The molecule has 0 heterocycles. The van der Waals surface area contributed by atoms with E-state index in [-0.39, 0.29) is 17.6 Å². The average molecular weight is 202 g/mol. The van der Waals surface area contributed by atoms with Crippen LogP contribution in [0.4, 0.5) is 8.78 Å². The molecule has 0 N–H and O–H groups in total. The molecule has 0 fully saturated rings. The highest BCUT2D eigenvalue weighted by molar-refractivity contribution is 7.80. The van der Waals surface area contributed by atoms with Crippen LogP contribution in [0, 0.1) is 17.6 Å². The molecule has 0 aromatic heterocycles. The van der Waals surface area contributed by atoms with Crippen LogP contribution < -0.4 is 0 Å². The maximum Gasteiger partial charge on any atom is 0.126 e. The van der Waals surface area contributed by atoms with Crippen molar-refractivity contribution in [2.24, 2.45) is 5.92 Å². The fourth-order valence-corrected chi connectivity index (χ4v) is 1.27. The van der Waals surface area contributed by atoms with Gasteiger partial charge in [0.2, 0.25) is 0 Å². The fraction of sp³-hybridized carbons (Fsp3) is 0.400. The number of hydrogen-bond acceptors (Lipinski definition) is 1. The minimum absolute atomic E-state index is 0.264. The Kier molecular flexibility index (Phi) is 3.72. The van der Waals surface area contributed by atoms with E-state index in [9.17, 15) is 8.78 Å². The average Bonchev–Trinajstić information content (AvgIpc) is 2.11. The number of benzene rings is 1. The van der Waals surface area contributed by atoms with Gasteiger partial charge in [-0.15, -0.1) is 0 Å². The number of rotatable bonds is 3. The topological polar surface area (TPSA) is 0 Å². The van der Waals surface area contributed by atoms with Gasteiger partial charge in [0.05, 0.1) is 0 Å². The van der Waals surface area contributed by atoms with Crippen molar-refractivity contribution in [1.82, 2.24) is 0 Å². The van der Waals surface area contributed by atoms with Crippen LogP contribution in [0.3, 0.4) is 0 Å². The van der Waals surface area contributed by atoms with Gasteiger partial charge in [0.25, 0.3) is 0 Å². The van der Waals surface area contributed by atoms with Gasteiger partial charge >= 0.3 is 0 Å². The van der Waals surface area contributed by atoms with Gasteiger partial charge in [-0.25, -0.2) is 8.78 Å².